The fraction of sp³-hybridized carbons (Fsp3) is 0.771. The van der Waals surface area contributed by atoms with Crippen molar-refractivity contribution in [2.75, 3.05) is 27.4 Å². The summed E-state index contributed by atoms with van der Waals surface area (Å²) >= 11 is 0. The lowest BCUT2D eigenvalue weighted by molar-refractivity contribution is -0.314. The Morgan fingerprint density at radius 2 is 1.67 bits per heavy atom. The van der Waals surface area contributed by atoms with Crippen molar-refractivity contribution in [3.63, 3.8) is 0 Å². The van der Waals surface area contributed by atoms with Crippen molar-refractivity contribution in [1.82, 2.24) is 0 Å². The van der Waals surface area contributed by atoms with Crippen molar-refractivity contribution >= 4 is 23.9 Å². The average Bonchev–Trinajstić information content (AvgIpc) is 3.47. The largest absolute Gasteiger partial charge is 0.469 e. The summed E-state index contributed by atoms with van der Waals surface area (Å²) in [6, 6.07) is 0. The van der Waals surface area contributed by atoms with Gasteiger partial charge in [-0.15, -0.1) is 0 Å². The van der Waals surface area contributed by atoms with E-state index in [0.717, 1.165) is 14.2 Å². The Kier molecular flexibility index (Phi) is 7.20. The number of fused-ring (bicyclic) bond motifs is 7. The van der Waals surface area contributed by atoms with E-state index in [1.165, 1.54) is 19.3 Å². The van der Waals surface area contributed by atoms with Crippen molar-refractivity contribution < 1.29 is 77.1 Å². The van der Waals surface area contributed by atoms with Crippen LogP contribution in [-0.2, 0) is 61.8 Å². The van der Waals surface area contributed by atoms with Gasteiger partial charge in [0.25, 0.3) is 5.79 Å². The molecule has 8 aliphatic rings. The summed E-state index contributed by atoms with van der Waals surface area (Å²) in [5.74, 6) is -9.76. The van der Waals surface area contributed by atoms with Gasteiger partial charge in [-0.2, -0.15) is 0 Å². The zero-order valence-corrected chi connectivity index (χ0v) is 29.4. The van der Waals surface area contributed by atoms with Crippen molar-refractivity contribution in [2.24, 2.45) is 34.0 Å². The maximum absolute atomic E-state index is 14.2. The average molecular weight is 721 g/mol. The van der Waals surface area contributed by atoms with Crippen molar-refractivity contribution in [3.05, 3.63) is 24.0 Å². The molecule has 7 fully saturated rings. The van der Waals surface area contributed by atoms with Crippen LogP contribution >= 0.6 is 0 Å². The molecule has 2 bridgehead atoms. The molecule has 5 aliphatic heterocycles. The Bertz CT molecular complexity index is 1660. The Balaban J connectivity index is 1.40. The van der Waals surface area contributed by atoms with Gasteiger partial charge in [0.05, 0.1) is 52.0 Å². The van der Waals surface area contributed by atoms with Gasteiger partial charge in [-0.05, 0) is 33.3 Å². The second-order valence-electron chi connectivity index (χ2n) is 15.8. The molecule has 0 aromatic rings. The number of methoxy groups -OCH3 is 2. The fourth-order valence-corrected chi connectivity index (χ4v) is 12.2. The van der Waals surface area contributed by atoms with Gasteiger partial charge < -0.3 is 58.0 Å². The zero-order valence-electron chi connectivity index (χ0n) is 29.4. The third kappa shape index (κ3) is 3.65. The van der Waals surface area contributed by atoms with Crippen LogP contribution in [-0.4, -0.2) is 126 Å². The molecule has 1 spiro atoms. The highest BCUT2D eigenvalue weighted by Crippen LogP contribution is 2.83. The quantitative estimate of drug-likeness (QED) is 0.140. The van der Waals surface area contributed by atoms with Crippen LogP contribution in [0.3, 0.4) is 0 Å². The van der Waals surface area contributed by atoms with Gasteiger partial charge in [0.2, 0.25) is 6.29 Å². The minimum absolute atomic E-state index is 0.235. The van der Waals surface area contributed by atoms with Crippen molar-refractivity contribution in [2.45, 2.75) is 107 Å². The maximum Gasteiger partial charge on any atom is 0.366 e. The van der Waals surface area contributed by atoms with Gasteiger partial charge >= 0.3 is 23.9 Å². The minimum Gasteiger partial charge on any atom is -0.469 e. The van der Waals surface area contributed by atoms with E-state index in [4.69, 9.17) is 42.6 Å². The molecule has 16 heteroatoms. The molecule has 3 N–H and O–H groups in total. The molecule has 0 aromatic carbocycles. The number of aliphatic hydroxyl groups excluding tert-OH is 1. The van der Waals surface area contributed by atoms with E-state index >= 15 is 0 Å². The summed E-state index contributed by atoms with van der Waals surface area (Å²) in [5.41, 5.74) is -9.47. The zero-order chi connectivity index (χ0) is 36.9. The Morgan fingerprint density at radius 1 is 0.961 bits per heavy atom. The molecular formula is C35H44O16. The third-order valence-electron chi connectivity index (χ3n) is 14.1. The number of hydrogen-bond acceptors (Lipinski definition) is 16. The maximum atomic E-state index is 14.2. The van der Waals surface area contributed by atoms with Crippen LogP contribution in [0.15, 0.2) is 24.0 Å². The summed E-state index contributed by atoms with van der Waals surface area (Å²) in [6.07, 6.45) is -3.11. The van der Waals surface area contributed by atoms with E-state index < -0.39 is 130 Å². The number of ether oxygens (including phenoxy) is 9. The predicted octanol–water partition coefficient (Wildman–Crippen LogP) is -0.203. The van der Waals surface area contributed by atoms with Gasteiger partial charge in [0.15, 0.2) is 5.60 Å². The van der Waals surface area contributed by atoms with Crippen molar-refractivity contribution in [1.29, 1.82) is 0 Å². The lowest BCUT2D eigenvalue weighted by Gasteiger charge is -2.65. The molecule has 16 atom stereocenters. The van der Waals surface area contributed by atoms with Gasteiger partial charge in [-0.3, -0.25) is 9.59 Å². The van der Waals surface area contributed by atoms with E-state index in [0.29, 0.717) is 0 Å². The van der Waals surface area contributed by atoms with E-state index in [1.807, 2.05) is 0 Å². The van der Waals surface area contributed by atoms with E-state index in [-0.39, 0.29) is 18.4 Å². The van der Waals surface area contributed by atoms with Gasteiger partial charge in [0, 0.05) is 47.5 Å². The molecule has 5 heterocycles. The van der Waals surface area contributed by atoms with Crippen LogP contribution in [0.25, 0.3) is 0 Å². The highest BCUT2D eigenvalue weighted by molar-refractivity contribution is 5.88. The first-order valence-corrected chi connectivity index (χ1v) is 17.2. The van der Waals surface area contributed by atoms with Gasteiger partial charge in [-0.25, -0.2) is 9.59 Å². The highest BCUT2D eigenvalue weighted by Gasteiger charge is 2.97. The van der Waals surface area contributed by atoms with E-state index in [9.17, 15) is 34.5 Å². The van der Waals surface area contributed by atoms with Crippen LogP contribution in [0.5, 0.6) is 0 Å². The Hall–Kier alpha value is -3.12. The minimum atomic E-state index is -2.82. The second-order valence-corrected chi connectivity index (χ2v) is 15.8. The lowest BCUT2D eigenvalue weighted by atomic mass is 9.37. The van der Waals surface area contributed by atoms with Gasteiger partial charge in [-0.1, -0.05) is 13.0 Å². The summed E-state index contributed by atoms with van der Waals surface area (Å²) in [7, 11) is 2.23. The number of allylic oxidation sites excluding steroid dienone is 1. The molecule has 8 rings (SSSR count). The highest BCUT2D eigenvalue weighted by atomic mass is 16.7. The number of hydrogen-bond donors (Lipinski definition) is 3. The molecular weight excluding hydrogens is 676 g/mol. The molecule has 0 amide bonds. The van der Waals surface area contributed by atoms with Crippen molar-refractivity contribution in [3.8, 4) is 0 Å². The SMILES string of the molecule is C/C=C(\C)C(=O)O[C@H]1C[C@@H](OC(C)=O)[C@]2(C(=O)OC)CO[C@H]3[C@@H](O)[C@@](C)([C@]45O[C@@]4(C)[C@@H]4C[C@H]5O[C@@H]5OC=C[C@]54O)[C@@H]4[C@@]1(CO[C@]4(O)C(=O)OC)[C@@H]32. The van der Waals surface area contributed by atoms with Crippen LogP contribution in [0.4, 0.5) is 0 Å². The Labute approximate surface area is 293 Å². The normalized spacial score (nSPS) is 53.9. The van der Waals surface area contributed by atoms with Crippen LogP contribution < -0.4 is 0 Å². The van der Waals surface area contributed by atoms with Crippen LogP contribution in [0, 0.1) is 34.0 Å². The second kappa shape index (κ2) is 10.5. The summed E-state index contributed by atoms with van der Waals surface area (Å²) in [6.45, 7) is 6.88. The monoisotopic (exact) mass is 720 g/mol. The van der Waals surface area contributed by atoms with E-state index in [2.05, 4.69) is 0 Å². The summed E-state index contributed by atoms with van der Waals surface area (Å²) in [5, 5.41) is 37.4. The molecule has 0 unspecified atom stereocenters. The predicted molar refractivity (Wildman–Crippen MR) is 164 cm³/mol. The number of epoxide rings is 1. The van der Waals surface area contributed by atoms with Gasteiger partial charge in [0.1, 0.15) is 28.8 Å². The standard InChI is InChI=1S/C35H44O16/c1-8-15(2)24(38)49-18-12-19(48-16(3)36)32(26(39)43-6)13-46-21-22(32)31(18)14-47-34(42,27(40)44-7)25(31)29(4,23(21)37)35-20-11-17(30(35,5)51-35)33(41)9-10-45-28(33)50-20/h8-10,17-23,25,28,37,41-42H,11-14H2,1-7H3/b15-8+/t17-,18-,19+,20+,21+,22+,23+,25+,28-,29+,30-,31+,32+,33+,34-,35-/m0/s1. The number of rotatable bonds is 6. The first-order chi connectivity index (χ1) is 23.9. The number of carbonyl (C=O) groups excluding carboxylic acids is 4. The first kappa shape index (κ1) is 34.9. The number of esters is 4. The van der Waals surface area contributed by atoms with E-state index in [1.54, 1.807) is 33.8 Å². The molecule has 4 saturated heterocycles. The molecule has 51 heavy (non-hydrogen) atoms. The molecule has 0 aromatic heterocycles. The Morgan fingerprint density at radius 3 is 2.31 bits per heavy atom. The topological polar surface area (TPSA) is 215 Å². The molecule has 3 saturated carbocycles. The lowest BCUT2D eigenvalue weighted by Crippen LogP contribution is -2.79. The fourth-order valence-electron chi connectivity index (χ4n) is 12.2. The molecule has 0 radical (unpaired) electrons. The molecule has 16 nitrogen and oxygen atoms in total. The smallest absolute Gasteiger partial charge is 0.366 e. The number of carbonyl (C=O) groups is 4. The molecule has 280 valence electrons. The third-order valence-corrected chi connectivity index (χ3v) is 14.1. The van der Waals surface area contributed by atoms with Crippen LogP contribution in [0.1, 0.15) is 47.5 Å². The number of aliphatic hydroxyl groups is 3. The summed E-state index contributed by atoms with van der Waals surface area (Å²) < 4.78 is 54.0. The molecule has 3 aliphatic carbocycles. The summed E-state index contributed by atoms with van der Waals surface area (Å²) in [4.78, 5) is 54.4. The van der Waals surface area contributed by atoms with Crippen LogP contribution in [0.2, 0.25) is 0 Å². The first-order valence-electron chi connectivity index (χ1n) is 17.2.